The maximum atomic E-state index is 4.86. The van der Waals surface area contributed by atoms with Crippen LogP contribution in [0.2, 0.25) is 0 Å². The molecule has 0 amide bonds. The number of aryl methyl sites for hydroxylation is 1. The van der Waals surface area contributed by atoms with Crippen molar-refractivity contribution in [3.05, 3.63) is 29.6 Å². The summed E-state index contributed by atoms with van der Waals surface area (Å²) in [6.45, 7) is 4.65. The second kappa shape index (κ2) is 10.5. The molecule has 146 valence electrons. The van der Waals surface area contributed by atoms with E-state index in [0.717, 1.165) is 23.7 Å². The summed E-state index contributed by atoms with van der Waals surface area (Å²) >= 11 is 0. The van der Waals surface area contributed by atoms with Crippen LogP contribution < -0.4 is 0 Å². The van der Waals surface area contributed by atoms with Crippen molar-refractivity contribution >= 4 is 0 Å². The van der Waals surface area contributed by atoms with Crippen molar-refractivity contribution in [2.24, 2.45) is 17.8 Å². The lowest BCUT2D eigenvalue weighted by atomic mass is 9.68. The number of unbranched alkanes of at least 4 members (excludes halogenated alkanes) is 3. The van der Waals surface area contributed by atoms with E-state index in [1.165, 1.54) is 101 Å². The molecule has 0 N–H and O–H groups in total. The summed E-state index contributed by atoms with van der Waals surface area (Å²) < 4.78 is 0. The van der Waals surface area contributed by atoms with Gasteiger partial charge in [-0.3, -0.25) is 4.98 Å². The van der Waals surface area contributed by atoms with E-state index in [2.05, 4.69) is 32.2 Å². The van der Waals surface area contributed by atoms with Gasteiger partial charge in [-0.05, 0) is 80.8 Å². The Morgan fingerprint density at radius 2 is 1.50 bits per heavy atom. The zero-order valence-electron chi connectivity index (χ0n) is 17.4. The Kier molecular flexibility index (Phi) is 8.02. The van der Waals surface area contributed by atoms with Crippen LogP contribution in [0.3, 0.4) is 0 Å². The van der Waals surface area contributed by atoms with Crippen LogP contribution >= 0.6 is 0 Å². The van der Waals surface area contributed by atoms with E-state index in [1.807, 2.05) is 0 Å². The Morgan fingerprint density at radius 3 is 2.08 bits per heavy atom. The highest BCUT2D eigenvalue weighted by Gasteiger charge is 2.31. The third kappa shape index (κ3) is 5.57. The lowest BCUT2D eigenvalue weighted by Crippen LogP contribution is -2.25. The molecule has 1 heteroatoms. The smallest absolute Gasteiger partial charge is 0.0434 e. The maximum Gasteiger partial charge on any atom is 0.0434 e. The first-order chi connectivity index (χ1) is 12.8. The van der Waals surface area contributed by atoms with Gasteiger partial charge < -0.3 is 0 Å². The standard InChI is InChI=1S/C25H41N/c1-3-5-6-7-8-21-11-18-25(26-19-21)24-16-14-23(15-17-24)22-12-9-20(4-2)10-13-22/h11,18-20,22-24H,3-10,12-17H2,1-2H3. The molecule has 0 saturated heterocycles. The lowest BCUT2D eigenvalue weighted by Gasteiger charge is -2.37. The first-order valence-electron chi connectivity index (χ1n) is 11.7. The fraction of sp³-hybridized carbons (Fsp3) is 0.800. The predicted molar refractivity (Wildman–Crippen MR) is 113 cm³/mol. The SMILES string of the molecule is CCCCCCc1ccc(C2CCC(C3CCC(CC)CC3)CC2)nc1. The lowest BCUT2D eigenvalue weighted by molar-refractivity contribution is 0.158. The zero-order valence-corrected chi connectivity index (χ0v) is 17.4. The highest BCUT2D eigenvalue weighted by molar-refractivity contribution is 5.17. The molecule has 3 rings (SSSR count). The Morgan fingerprint density at radius 1 is 0.808 bits per heavy atom. The molecule has 0 aliphatic heterocycles. The molecule has 26 heavy (non-hydrogen) atoms. The van der Waals surface area contributed by atoms with Crippen molar-refractivity contribution in [2.45, 2.75) is 110 Å². The maximum absolute atomic E-state index is 4.86. The van der Waals surface area contributed by atoms with Crippen LogP contribution in [0, 0.1) is 17.8 Å². The van der Waals surface area contributed by atoms with E-state index in [0.29, 0.717) is 0 Å². The van der Waals surface area contributed by atoms with Crippen LogP contribution in [0.4, 0.5) is 0 Å². The molecule has 0 spiro atoms. The molecule has 2 aliphatic carbocycles. The number of rotatable bonds is 8. The van der Waals surface area contributed by atoms with Crippen molar-refractivity contribution in [2.75, 3.05) is 0 Å². The van der Waals surface area contributed by atoms with E-state index < -0.39 is 0 Å². The number of pyridine rings is 1. The molecule has 2 saturated carbocycles. The highest BCUT2D eigenvalue weighted by atomic mass is 14.7. The topological polar surface area (TPSA) is 12.9 Å². The minimum absolute atomic E-state index is 0.729. The molecule has 1 nitrogen and oxygen atoms in total. The summed E-state index contributed by atoms with van der Waals surface area (Å²) in [5.74, 6) is 3.82. The van der Waals surface area contributed by atoms with Crippen LogP contribution in [-0.2, 0) is 6.42 Å². The summed E-state index contributed by atoms with van der Waals surface area (Å²) in [5, 5.41) is 0. The number of hydrogen-bond acceptors (Lipinski definition) is 1. The number of hydrogen-bond donors (Lipinski definition) is 0. The Hall–Kier alpha value is -0.850. The van der Waals surface area contributed by atoms with Gasteiger partial charge in [0.1, 0.15) is 0 Å². The Balaban J connectivity index is 1.41. The molecular formula is C25H41N. The van der Waals surface area contributed by atoms with Crippen LogP contribution in [0.25, 0.3) is 0 Å². The largest absolute Gasteiger partial charge is 0.261 e. The molecule has 0 aromatic carbocycles. The minimum Gasteiger partial charge on any atom is -0.261 e. The summed E-state index contributed by atoms with van der Waals surface area (Å²) in [5.41, 5.74) is 2.81. The number of nitrogens with zero attached hydrogens (tertiary/aromatic N) is 1. The number of aromatic nitrogens is 1. The highest BCUT2D eigenvalue weighted by Crippen LogP contribution is 2.43. The normalized spacial score (nSPS) is 29.6. The van der Waals surface area contributed by atoms with Crippen molar-refractivity contribution in [3.8, 4) is 0 Å². The molecule has 2 aliphatic rings. The molecule has 1 aromatic rings. The van der Waals surface area contributed by atoms with Gasteiger partial charge in [-0.1, -0.05) is 58.4 Å². The van der Waals surface area contributed by atoms with Gasteiger partial charge in [0.25, 0.3) is 0 Å². The summed E-state index contributed by atoms with van der Waals surface area (Å²) in [6.07, 6.45) is 21.8. The molecule has 0 unspecified atom stereocenters. The van der Waals surface area contributed by atoms with Crippen molar-refractivity contribution in [1.82, 2.24) is 4.98 Å². The van der Waals surface area contributed by atoms with E-state index in [4.69, 9.17) is 4.98 Å². The fourth-order valence-electron chi connectivity index (χ4n) is 5.54. The predicted octanol–water partition coefficient (Wildman–Crippen LogP) is 7.69. The van der Waals surface area contributed by atoms with Crippen LogP contribution in [0.15, 0.2) is 18.3 Å². The van der Waals surface area contributed by atoms with Gasteiger partial charge in [0.05, 0.1) is 0 Å². The molecule has 2 fully saturated rings. The molecule has 0 radical (unpaired) electrons. The van der Waals surface area contributed by atoms with Crippen molar-refractivity contribution in [3.63, 3.8) is 0 Å². The molecular weight excluding hydrogens is 314 g/mol. The third-order valence-electron chi connectivity index (χ3n) is 7.49. The van der Waals surface area contributed by atoms with Gasteiger partial charge >= 0.3 is 0 Å². The van der Waals surface area contributed by atoms with Gasteiger partial charge in [0, 0.05) is 17.8 Å². The van der Waals surface area contributed by atoms with E-state index in [-0.39, 0.29) is 0 Å². The summed E-state index contributed by atoms with van der Waals surface area (Å²) in [4.78, 5) is 4.86. The summed E-state index contributed by atoms with van der Waals surface area (Å²) in [6, 6.07) is 4.69. The van der Waals surface area contributed by atoms with Crippen LogP contribution in [0.5, 0.6) is 0 Å². The average molecular weight is 356 g/mol. The van der Waals surface area contributed by atoms with E-state index in [9.17, 15) is 0 Å². The second-order valence-corrected chi connectivity index (χ2v) is 9.20. The van der Waals surface area contributed by atoms with Crippen molar-refractivity contribution in [1.29, 1.82) is 0 Å². The molecule has 0 atom stereocenters. The van der Waals surface area contributed by atoms with E-state index >= 15 is 0 Å². The quantitative estimate of drug-likeness (QED) is 0.435. The van der Waals surface area contributed by atoms with Gasteiger partial charge in [0.2, 0.25) is 0 Å². The summed E-state index contributed by atoms with van der Waals surface area (Å²) in [7, 11) is 0. The van der Waals surface area contributed by atoms with Crippen molar-refractivity contribution < 1.29 is 0 Å². The van der Waals surface area contributed by atoms with Gasteiger partial charge in [-0.2, -0.15) is 0 Å². The zero-order chi connectivity index (χ0) is 18.2. The Labute approximate surface area is 162 Å². The second-order valence-electron chi connectivity index (χ2n) is 9.20. The van der Waals surface area contributed by atoms with E-state index in [1.54, 1.807) is 0 Å². The fourth-order valence-corrected chi connectivity index (χ4v) is 5.54. The first-order valence-corrected chi connectivity index (χ1v) is 11.7. The molecule has 1 aromatic heterocycles. The minimum atomic E-state index is 0.729. The molecule has 1 heterocycles. The monoisotopic (exact) mass is 355 g/mol. The first kappa shape index (κ1) is 19.9. The van der Waals surface area contributed by atoms with Crippen LogP contribution in [-0.4, -0.2) is 4.98 Å². The van der Waals surface area contributed by atoms with Gasteiger partial charge in [0.15, 0.2) is 0 Å². The van der Waals surface area contributed by atoms with Gasteiger partial charge in [-0.15, -0.1) is 0 Å². The average Bonchev–Trinajstić information content (AvgIpc) is 2.72. The van der Waals surface area contributed by atoms with Crippen LogP contribution in [0.1, 0.15) is 114 Å². The third-order valence-corrected chi connectivity index (χ3v) is 7.49. The Bertz CT molecular complexity index is 489. The van der Waals surface area contributed by atoms with Gasteiger partial charge in [-0.25, -0.2) is 0 Å². The molecule has 0 bridgehead atoms.